The van der Waals surface area contributed by atoms with Crippen molar-refractivity contribution in [1.82, 2.24) is 14.8 Å². The van der Waals surface area contributed by atoms with Gasteiger partial charge in [0.25, 0.3) is 0 Å². The second-order valence-electron chi connectivity index (χ2n) is 5.56. The number of hydrogen-bond donors (Lipinski definition) is 3. The number of nitrogens with two attached hydrogens (primary N) is 1. The fraction of sp³-hybridized carbons (Fsp3) is 0.111. The van der Waals surface area contributed by atoms with Gasteiger partial charge in [0.15, 0.2) is 5.82 Å². The van der Waals surface area contributed by atoms with Gasteiger partial charge in [-0.3, -0.25) is 10.2 Å². The number of nitrogen functional groups attached to an aromatic ring is 1. The van der Waals surface area contributed by atoms with Gasteiger partial charge < -0.3 is 10.8 Å². The maximum Gasteiger partial charge on any atom is 0.303 e. The molecule has 0 bridgehead atoms. The van der Waals surface area contributed by atoms with Crippen LogP contribution in [0.2, 0.25) is 0 Å². The van der Waals surface area contributed by atoms with Gasteiger partial charge in [-0.2, -0.15) is 0 Å². The topological polar surface area (TPSA) is 118 Å². The minimum absolute atomic E-state index is 0.0221. The van der Waals surface area contributed by atoms with Crippen LogP contribution in [0.1, 0.15) is 17.5 Å². The van der Waals surface area contributed by atoms with Crippen LogP contribution in [0.5, 0.6) is 0 Å². The molecule has 0 unspecified atom stereocenters. The lowest BCUT2D eigenvalue weighted by Gasteiger charge is -2.02. The molecular weight excluding hydrogens is 318 g/mol. The van der Waals surface area contributed by atoms with E-state index in [-0.39, 0.29) is 12.3 Å². The van der Waals surface area contributed by atoms with Crippen molar-refractivity contribution in [3.63, 3.8) is 0 Å². The molecule has 0 saturated heterocycles. The average Bonchev–Trinajstić information content (AvgIpc) is 3.10. The molecule has 25 heavy (non-hydrogen) atoms. The van der Waals surface area contributed by atoms with Crippen LogP contribution in [0, 0.1) is 5.41 Å². The van der Waals surface area contributed by atoms with Gasteiger partial charge in [0.05, 0.1) is 5.69 Å². The van der Waals surface area contributed by atoms with Crippen molar-refractivity contribution in [1.29, 1.82) is 5.41 Å². The van der Waals surface area contributed by atoms with E-state index in [1.165, 1.54) is 0 Å². The first-order chi connectivity index (χ1) is 12.0. The summed E-state index contributed by atoms with van der Waals surface area (Å²) in [5, 5.41) is 20.6. The van der Waals surface area contributed by atoms with Gasteiger partial charge in [-0.15, -0.1) is 5.10 Å². The number of carboxylic acid groups (broad SMARTS) is 1. The highest BCUT2D eigenvalue weighted by molar-refractivity contribution is 5.95. The van der Waals surface area contributed by atoms with Crippen LogP contribution >= 0.6 is 0 Å². The summed E-state index contributed by atoms with van der Waals surface area (Å²) in [5.41, 5.74) is 8.75. The maximum absolute atomic E-state index is 10.6. The summed E-state index contributed by atoms with van der Waals surface area (Å²) in [6.45, 7) is 0. The second kappa shape index (κ2) is 6.96. The minimum Gasteiger partial charge on any atom is -0.481 e. The highest BCUT2D eigenvalue weighted by Gasteiger charge is 2.07. The number of rotatable bonds is 6. The number of aliphatic carboxylic acids is 1. The Balaban J connectivity index is 1.76. The van der Waals surface area contributed by atoms with Crippen LogP contribution in [-0.2, 0) is 11.2 Å². The lowest BCUT2D eigenvalue weighted by atomic mass is 10.1. The molecule has 7 heteroatoms. The smallest absolute Gasteiger partial charge is 0.303 e. The van der Waals surface area contributed by atoms with E-state index >= 15 is 0 Å². The molecule has 0 fully saturated rings. The number of nitrogens with zero attached hydrogens (tertiary/aromatic N) is 3. The molecule has 1 aromatic heterocycles. The van der Waals surface area contributed by atoms with Crippen molar-refractivity contribution >= 4 is 11.8 Å². The Labute approximate surface area is 144 Å². The number of aromatic nitrogens is 3. The van der Waals surface area contributed by atoms with Gasteiger partial charge in [-0.1, -0.05) is 24.3 Å². The van der Waals surface area contributed by atoms with Gasteiger partial charge in [0, 0.05) is 17.5 Å². The molecule has 0 aliphatic heterocycles. The van der Waals surface area contributed by atoms with E-state index in [1.54, 1.807) is 23.1 Å². The molecule has 0 saturated carbocycles. The molecule has 4 N–H and O–H groups in total. The normalized spacial score (nSPS) is 10.6. The van der Waals surface area contributed by atoms with Crippen LogP contribution in [0.15, 0.2) is 54.9 Å². The summed E-state index contributed by atoms with van der Waals surface area (Å²) in [4.78, 5) is 14.9. The fourth-order valence-electron chi connectivity index (χ4n) is 2.39. The summed E-state index contributed by atoms with van der Waals surface area (Å²) < 4.78 is 1.65. The van der Waals surface area contributed by atoms with Crippen molar-refractivity contribution in [2.75, 3.05) is 0 Å². The molecule has 0 spiro atoms. The van der Waals surface area contributed by atoms with Gasteiger partial charge >= 0.3 is 5.97 Å². The molecule has 0 atom stereocenters. The highest BCUT2D eigenvalue weighted by Crippen LogP contribution is 2.17. The van der Waals surface area contributed by atoms with Crippen molar-refractivity contribution in [3.05, 3.63) is 66.0 Å². The van der Waals surface area contributed by atoms with Gasteiger partial charge in [-0.25, -0.2) is 9.67 Å². The number of carbonyl (C=O) groups is 1. The first kappa shape index (κ1) is 16.4. The number of nitrogens with one attached hydrogen (secondary N) is 1. The third-order valence-corrected chi connectivity index (χ3v) is 3.77. The van der Waals surface area contributed by atoms with Crippen LogP contribution < -0.4 is 5.73 Å². The Morgan fingerprint density at radius 1 is 1.12 bits per heavy atom. The zero-order valence-electron chi connectivity index (χ0n) is 13.4. The lowest BCUT2D eigenvalue weighted by Crippen LogP contribution is -2.10. The average molecular weight is 335 g/mol. The van der Waals surface area contributed by atoms with E-state index in [4.69, 9.17) is 16.2 Å². The largest absolute Gasteiger partial charge is 0.481 e. The van der Waals surface area contributed by atoms with E-state index in [2.05, 4.69) is 10.1 Å². The zero-order valence-corrected chi connectivity index (χ0v) is 13.4. The zero-order chi connectivity index (χ0) is 17.8. The van der Waals surface area contributed by atoms with E-state index < -0.39 is 5.97 Å². The third kappa shape index (κ3) is 3.89. The number of benzene rings is 2. The van der Waals surface area contributed by atoms with Crippen molar-refractivity contribution < 1.29 is 9.90 Å². The Kier molecular flexibility index (Phi) is 4.56. The molecule has 126 valence electrons. The van der Waals surface area contributed by atoms with E-state index in [0.29, 0.717) is 17.8 Å². The molecule has 0 amide bonds. The molecule has 1 heterocycles. The van der Waals surface area contributed by atoms with Crippen LogP contribution in [0.25, 0.3) is 17.1 Å². The standard InChI is InChI=1S/C18H17N5O2/c19-17(20)13-6-8-15(9-7-13)23-11-21-18(22-23)14-4-1-12(2-5-14)3-10-16(24)25/h1-2,4-9,11H,3,10H2,(H3,19,20)(H,24,25). The van der Waals surface area contributed by atoms with Gasteiger partial charge in [0.2, 0.25) is 0 Å². The summed E-state index contributed by atoms with van der Waals surface area (Å²) >= 11 is 0. The molecule has 0 aliphatic rings. The predicted octanol–water partition coefficient (Wildman–Crippen LogP) is 2.24. The molecule has 0 aliphatic carbocycles. The number of amidine groups is 1. The number of aryl methyl sites for hydroxylation is 1. The molecule has 3 rings (SSSR count). The van der Waals surface area contributed by atoms with E-state index in [0.717, 1.165) is 16.8 Å². The molecular formula is C18H17N5O2. The van der Waals surface area contributed by atoms with E-state index in [9.17, 15) is 4.79 Å². The third-order valence-electron chi connectivity index (χ3n) is 3.77. The molecule has 3 aromatic rings. The summed E-state index contributed by atoms with van der Waals surface area (Å²) in [6, 6.07) is 14.7. The van der Waals surface area contributed by atoms with Crippen molar-refractivity contribution in [2.24, 2.45) is 5.73 Å². The van der Waals surface area contributed by atoms with E-state index in [1.807, 2.05) is 36.4 Å². The molecule has 2 aromatic carbocycles. The van der Waals surface area contributed by atoms with Crippen molar-refractivity contribution in [3.8, 4) is 17.1 Å². The number of hydrogen-bond acceptors (Lipinski definition) is 4. The van der Waals surface area contributed by atoms with Crippen LogP contribution in [0.3, 0.4) is 0 Å². The first-order valence-electron chi connectivity index (χ1n) is 7.70. The Hall–Kier alpha value is -3.48. The van der Waals surface area contributed by atoms with Gasteiger partial charge in [0.1, 0.15) is 12.2 Å². The van der Waals surface area contributed by atoms with Crippen LogP contribution in [0.4, 0.5) is 0 Å². The Morgan fingerprint density at radius 2 is 1.80 bits per heavy atom. The van der Waals surface area contributed by atoms with Crippen LogP contribution in [-0.4, -0.2) is 31.7 Å². The highest BCUT2D eigenvalue weighted by atomic mass is 16.4. The maximum atomic E-state index is 10.6. The fourth-order valence-corrected chi connectivity index (χ4v) is 2.39. The van der Waals surface area contributed by atoms with Crippen molar-refractivity contribution in [2.45, 2.75) is 12.8 Å². The second-order valence-corrected chi connectivity index (χ2v) is 5.56. The number of carboxylic acids is 1. The lowest BCUT2D eigenvalue weighted by molar-refractivity contribution is -0.136. The Morgan fingerprint density at radius 3 is 2.40 bits per heavy atom. The molecule has 0 radical (unpaired) electrons. The molecule has 7 nitrogen and oxygen atoms in total. The monoisotopic (exact) mass is 335 g/mol. The SMILES string of the molecule is N=C(N)c1ccc(-n2cnc(-c3ccc(CCC(=O)O)cc3)n2)cc1. The summed E-state index contributed by atoms with van der Waals surface area (Å²) in [6.07, 6.45) is 2.24. The van der Waals surface area contributed by atoms with Gasteiger partial charge in [-0.05, 0) is 36.2 Å². The summed E-state index contributed by atoms with van der Waals surface area (Å²) in [5.74, 6) is -0.200. The Bertz CT molecular complexity index is 898. The predicted molar refractivity (Wildman–Crippen MR) is 93.8 cm³/mol. The first-order valence-corrected chi connectivity index (χ1v) is 7.70. The minimum atomic E-state index is -0.805. The summed E-state index contributed by atoms with van der Waals surface area (Å²) in [7, 11) is 0. The quantitative estimate of drug-likeness (QED) is 0.471.